The Labute approximate surface area is 110 Å². The first-order valence-corrected chi connectivity index (χ1v) is 5.81. The van der Waals surface area contributed by atoms with E-state index < -0.39 is 5.97 Å². The van der Waals surface area contributed by atoms with Gasteiger partial charge in [-0.1, -0.05) is 6.07 Å². The average molecular weight is 261 g/mol. The molecule has 0 aliphatic heterocycles. The smallest absolute Gasteiger partial charge is 0.354 e. The van der Waals surface area contributed by atoms with Gasteiger partial charge in [-0.2, -0.15) is 0 Å². The molecule has 0 unspecified atom stereocenters. The van der Waals surface area contributed by atoms with Gasteiger partial charge in [-0.3, -0.25) is 4.79 Å². The highest BCUT2D eigenvalue weighted by Gasteiger charge is 2.12. The maximum absolute atomic E-state index is 11.6. The van der Waals surface area contributed by atoms with Crippen LogP contribution < -0.4 is 11.3 Å². The molecule has 2 N–H and O–H groups in total. The lowest BCUT2D eigenvalue weighted by Gasteiger charge is -2.09. The van der Waals surface area contributed by atoms with Gasteiger partial charge in [0.1, 0.15) is 5.69 Å². The summed E-state index contributed by atoms with van der Waals surface area (Å²) in [5.74, 6) is -0.447. The van der Waals surface area contributed by atoms with Gasteiger partial charge in [0, 0.05) is 31.5 Å². The number of hydrogen-bond donors (Lipinski definition) is 1. The minimum Gasteiger partial charge on any atom is -0.464 e. The third-order valence-corrected chi connectivity index (χ3v) is 2.79. The van der Waals surface area contributed by atoms with Crippen molar-refractivity contribution in [2.75, 3.05) is 12.8 Å². The van der Waals surface area contributed by atoms with E-state index in [0.717, 1.165) is 0 Å². The van der Waals surface area contributed by atoms with E-state index in [1.807, 2.05) is 0 Å². The number of ether oxygens (including phenoxy) is 1. The molecule has 0 aliphatic carbocycles. The Morgan fingerprint density at radius 3 is 2.74 bits per heavy atom. The zero-order valence-corrected chi connectivity index (χ0v) is 10.6. The Bertz CT molecular complexity index is 643. The number of aryl methyl sites for hydroxylation is 2. The molecule has 6 heteroatoms. The molecular formula is C13H15N3O3. The van der Waals surface area contributed by atoms with E-state index in [4.69, 9.17) is 5.73 Å². The summed E-state index contributed by atoms with van der Waals surface area (Å²) >= 11 is 0. The topological polar surface area (TPSA) is 79.2 Å². The standard InChI is InChI=1S/C13H15N3O3/c1-19-13(18)11-8-10(14)9-16(11)7-6-15-5-3-2-4-12(15)17/h2-5,8-9H,6-7,14H2,1H3. The quantitative estimate of drug-likeness (QED) is 0.822. The zero-order valence-electron chi connectivity index (χ0n) is 10.6. The van der Waals surface area contributed by atoms with Crippen molar-refractivity contribution in [3.8, 4) is 0 Å². The van der Waals surface area contributed by atoms with Gasteiger partial charge in [0.05, 0.1) is 12.8 Å². The highest BCUT2D eigenvalue weighted by molar-refractivity contribution is 5.88. The van der Waals surface area contributed by atoms with E-state index in [9.17, 15) is 9.59 Å². The number of nitrogen functional groups attached to an aromatic ring is 1. The molecule has 2 aromatic rings. The van der Waals surface area contributed by atoms with Gasteiger partial charge < -0.3 is 19.6 Å². The van der Waals surface area contributed by atoms with Gasteiger partial charge in [-0.05, 0) is 12.1 Å². The van der Waals surface area contributed by atoms with Gasteiger partial charge in [-0.15, -0.1) is 0 Å². The lowest BCUT2D eigenvalue weighted by molar-refractivity contribution is 0.0588. The largest absolute Gasteiger partial charge is 0.464 e. The minimum absolute atomic E-state index is 0.0813. The van der Waals surface area contributed by atoms with Crippen LogP contribution in [0.4, 0.5) is 5.69 Å². The van der Waals surface area contributed by atoms with E-state index in [2.05, 4.69) is 4.74 Å². The zero-order chi connectivity index (χ0) is 13.8. The molecule has 0 aliphatic rings. The third kappa shape index (κ3) is 2.85. The monoisotopic (exact) mass is 261 g/mol. The van der Waals surface area contributed by atoms with Crippen LogP contribution in [0.5, 0.6) is 0 Å². The molecule has 0 radical (unpaired) electrons. The molecule has 19 heavy (non-hydrogen) atoms. The fraction of sp³-hybridized carbons (Fsp3) is 0.231. The fourth-order valence-electron chi connectivity index (χ4n) is 1.85. The van der Waals surface area contributed by atoms with E-state index in [0.29, 0.717) is 24.5 Å². The van der Waals surface area contributed by atoms with Crippen LogP contribution in [0.3, 0.4) is 0 Å². The van der Waals surface area contributed by atoms with Crippen LogP contribution in [-0.4, -0.2) is 22.2 Å². The highest BCUT2D eigenvalue weighted by Crippen LogP contribution is 2.11. The Morgan fingerprint density at radius 2 is 2.05 bits per heavy atom. The maximum Gasteiger partial charge on any atom is 0.354 e. The summed E-state index contributed by atoms with van der Waals surface area (Å²) in [6.07, 6.45) is 3.35. The number of carbonyl (C=O) groups excluding carboxylic acids is 1. The number of esters is 1. The first-order valence-electron chi connectivity index (χ1n) is 5.81. The molecule has 2 rings (SSSR count). The van der Waals surface area contributed by atoms with Crippen molar-refractivity contribution < 1.29 is 9.53 Å². The number of aromatic nitrogens is 2. The molecule has 0 saturated carbocycles. The number of nitrogens with two attached hydrogens (primary N) is 1. The summed E-state index contributed by atoms with van der Waals surface area (Å²) in [6.45, 7) is 0.920. The molecule has 2 aromatic heterocycles. The van der Waals surface area contributed by atoms with Crippen molar-refractivity contribution in [2.45, 2.75) is 13.1 Å². The summed E-state index contributed by atoms with van der Waals surface area (Å²) in [6, 6.07) is 6.52. The number of methoxy groups -OCH3 is 1. The van der Waals surface area contributed by atoms with Crippen LogP contribution in [0.25, 0.3) is 0 Å². The Hall–Kier alpha value is -2.50. The first kappa shape index (κ1) is 12.9. The second kappa shape index (κ2) is 5.43. The van der Waals surface area contributed by atoms with Gasteiger partial charge in [0.2, 0.25) is 0 Å². The number of pyridine rings is 1. The van der Waals surface area contributed by atoms with Gasteiger partial charge in [0.15, 0.2) is 0 Å². The van der Waals surface area contributed by atoms with Crippen LogP contribution in [-0.2, 0) is 17.8 Å². The van der Waals surface area contributed by atoms with Crippen LogP contribution in [0, 0.1) is 0 Å². The van der Waals surface area contributed by atoms with E-state index in [-0.39, 0.29) is 5.56 Å². The summed E-state index contributed by atoms with van der Waals surface area (Å²) in [5.41, 5.74) is 6.46. The van der Waals surface area contributed by atoms with Crippen molar-refractivity contribution in [1.29, 1.82) is 0 Å². The average Bonchev–Trinajstić information content (AvgIpc) is 2.78. The Morgan fingerprint density at radius 1 is 1.32 bits per heavy atom. The third-order valence-electron chi connectivity index (χ3n) is 2.79. The molecule has 0 amide bonds. The molecule has 0 spiro atoms. The molecule has 6 nitrogen and oxygen atoms in total. The predicted molar refractivity (Wildman–Crippen MR) is 70.9 cm³/mol. The molecule has 100 valence electrons. The normalized spacial score (nSPS) is 10.4. The van der Waals surface area contributed by atoms with Crippen LogP contribution in [0.15, 0.2) is 41.5 Å². The van der Waals surface area contributed by atoms with Crippen LogP contribution >= 0.6 is 0 Å². The maximum atomic E-state index is 11.6. The minimum atomic E-state index is -0.447. The summed E-state index contributed by atoms with van der Waals surface area (Å²) in [7, 11) is 1.32. The molecule has 0 bridgehead atoms. The summed E-state index contributed by atoms with van der Waals surface area (Å²) in [4.78, 5) is 23.1. The van der Waals surface area contributed by atoms with Crippen LogP contribution in [0.1, 0.15) is 10.5 Å². The fourth-order valence-corrected chi connectivity index (χ4v) is 1.85. The number of carbonyl (C=O) groups is 1. The second-order valence-electron chi connectivity index (χ2n) is 4.08. The SMILES string of the molecule is COC(=O)c1cc(N)cn1CCn1ccccc1=O. The Kier molecular flexibility index (Phi) is 3.70. The van der Waals surface area contributed by atoms with Crippen molar-refractivity contribution in [3.05, 3.63) is 52.7 Å². The molecular weight excluding hydrogens is 246 g/mol. The van der Waals surface area contributed by atoms with Crippen molar-refractivity contribution in [3.63, 3.8) is 0 Å². The molecule has 0 saturated heterocycles. The lowest BCUT2D eigenvalue weighted by atomic mass is 10.4. The van der Waals surface area contributed by atoms with Crippen LogP contribution in [0.2, 0.25) is 0 Å². The van der Waals surface area contributed by atoms with Gasteiger partial charge in [0.25, 0.3) is 5.56 Å². The van der Waals surface area contributed by atoms with E-state index >= 15 is 0 Å². The van der Waals surface area contributed by atoms with Gasteiger partial charge in [-0.25, -0.2) is 4.79 Å². The second-order valence-corrected chi connectivity index (χ2v) is 4.08. The lowest BCUT2D eigenvalue weighted by Crippen LogP contribution is -2.21. The molecule has 2 heterocycles. The molecule has 0 aromatic carbocycles. The molecule has 0 atom stereocenters. The van der Waals surface area contributed by atoms with Gasteiger partial charge >= 0.3 is 5.97 Å². The van der Waals surface area contributed by atoms with E-state index in [1.165, 1.54) is 13.2 Å². The first-order chi connectivity index (χ1) is 9.11. The van der Waals surface area contributed by atoms with Crippen molar-refractivity contribution >= 4 is 11.7 Å². The number of hydrogen-bond acceptors (Lipinski definition) is 4. The highest BCUT2D eigenvalue weighted by atomic mass is 16.5. The summed E-state index contributed by atoms with van der Waals surface area (Å²) < 4.78 is 7.93. The Balaban J connectivity index is 2.18. The molecule has 0 fully saturated rings. The predicted octanol–water partition coefficient (Wildman–Crippen LogP) is 0.719. The van der Waals surface area contributed by atoms with E-state index in [1.54, 1.807) is 39.7 Å². The summed E-state index contributed by atoms with van der Waals surface area (Å²) in [5, 5.41) is 0. The number of anilines is 1. The van der Waals surface area contributed by atoms with Crippen molar-refractivity contribution in [1.82, 2.24) is 9.13 Å². The van der Waals surface area contributed by atoms with Crippen molar-refractivity contribution in [2.24, 2.45) is 0 Å². The number of nitrogens with zero attached hydrogens (tertiary/aromatic N) is 2. The number of rotatable bonds is 4.